The molecule has 1 aliphatic heterocycles. The molecule has 1 aromatic heterocycles. The molecule has 3 aromatic carbocycles. The van der Waals surface area contributed by atoms with E-state index in [1.54, 1.807) is 18.4 Å². The number of carbonyl (C=O) groups is 1. The van der Waals surface area contributed by atoms with Crippen LogP contribution >= 0.6 is 22.9 Å². The number of hydrogen-bond donors (Lipinski definition) is 0. The van der Waals surface area contributed by atoms with Crippen LogP contribution in [0.1, 0.15) is 61.9 Å². The average molecular weight is 587 g/mol. The summed E-state index contributed by atoms with van der Waals surface area (Å²) in [5, 5.41) is 0.667. The number of halogens is 1. The number of nitrogens with zero attached hydrogens (tertiary/aromatic N) is 2. The molecule has 0 amide bonds. The maximum absolute atomic E-state index is 14.0. The molecule has 8 heteroatoms. The summed E-state index contributed by atoms with van der Waals surface area (Å²) >= 11 is 7.30. The smallest absolute Gasteiger partial charge is 0.338 e. The van der Waals surface area contributed by atoms with Gasteiger partial charge < -0.3 is 9.47 Å². The van der Waals surface area contributed by atoms with E-state index in [-0.39, 0.29) is 12.2 Å². The van der Waals surface area contributed by atoms with Crippen molar-refractivity contribution in [2.45, 2.75) is 46.3 Å². The molecule has 0 saturated heterocycles. The van der Waals surface area contributed by atoms with Crippen molar-refractivity contribution in [3.05, 3.63) is 131 Å². The lowest BCUT2D eigenvalue weighted by atomic mass is 9.93. The third-order valence-corrected chi connectivity index (χ3v) is 8.18. The van der Waals surface area contributed by atoms with E-state index in [0.29, 0.717) is 43.9 Å². The predicted octanol–water partition coefficient (Wildman–Crippen LogP) is 6.15. The van der Waals surface area contributed by atoms with Crippen LogP contribution in [0.5, 0.6) is 5.75 Å². The number of benzene rings is 3. The van der Waals surface area contributed by atoms with E-state index in [1.165, 1.54) is 16.9 Å². The van der Waals surface area contributed by atoms with Gasteiger partial charge in [0.15, 0.2) is 4.80 Å². The maximum atomic E-state index is 14.0. The molecule has 2 heterocycles. The van der Waals surface area contributed by atoms with Gasteiger partial charge in [-0.15, -0.1) is 0 Å². The van der Waals surface area contributed by atoms with Crippen molar-refractivity contribution in [1.82, 2.24) is 4.57 Å². The number of ether oxygens (including phenoxy) is 2. The molecule has 210 valence electrons. The van der Waals surface area contributed by atoms with Crippen LogP contribution in [0.2, 0.25) is 5.02 Å². The van der Waals surface area contributed by atoms with Gasteiger partial charge >= 0.3 is 5.97 Å². The highest BCUT2D eigenvalue weighted by molar-refractivity contribution is 7.07. The van der Waals surface area contributed by atoms with Gasteiger partial charge in [-0.2, -0.15) is 0 Å². The standard InChI is InChI=1S/C33H31ClN2O4S/c1-5-39-32(38)29-21(4)35-33-36(30(29)24-14-12-23(13-15-24)20(2)3)31(37)28(41-33)18-25-8-6-7-9-27(25)40-19-22-10-16-26(34)17-11-22/h6-18,20,30H,5,19H2,1-4H3. The molecule has 4 aromatic rings. The number of thiazole rings is 1. The third kappa shape index (κ3) is 6.06. The topological polar surface area (TPSA) is 69.9 Å². The zero-order valence-electron chi connectivity index (χ0n) is 23.4. The van der Waals surface area contributed by atoms with Crippen molar-refractivity contribution >= 4 is 35.0 Å². The molecule has 1 unspecified atom stereocenters. The molecule has 0 spiro atoms. The molecule has 0 aliphatic carbocycles. The molecule has 1 aliphatic rings. The Bertz CT molecular complexity index is 1780. The lowest BCUT2D eigenvalue weighted by Gasteiger charge is -2.25. The van der Waals surface area contributed by atoms with Crippen molar-refractivity contribution in [1.29, 1.82) is 0 Å². The SMILES string of the molecule is CCOC(=O)C1=C(C)N=c2sc(=Cc3ccccc3OCc3ccc(Cl)cc3)c(=O)n2C1c1ccc(C(C)C)cc1. The van der Waals surface area contributed by atoms with Crippen LogP contribution in [0.3, 0.4) is 0 Å². The summed E-state index contributed by atoms with van der Waals surface area (Å²) in [5.74, 6) is 0.536. The summed E-state index contributed by atoms with van der Waals surface area (Å²) in [4.78, 5) is 32.4. The number of aromatic nitrogens is 1. The Hall–Kier alpha value is -3.94. The minimum atomic E-state index is -0.648. The highest BCUT2D eigenvalue weighted by Crippen LogP contribution is 2.31. The van der Waals surface area contributed by atoms with Gasteiger partial charge in [0.2, 0.25) is 0 Å². The Morgan fingerprint density at radius 3 is 2.46 bits per heavy atom. The Labute approximate surface area is 247 Å². The molecule has 0 bridgehead atoms. The predicted molar refractivity (Wildman–Crippen MR) is 163 cm³/mol. The Morgan fingerprint density at radius 2 is 1.78 bits per heavy atom. The molecule has 6 nitrogen and oxygen atoms in total. The first-order chi connectivity index (χ1) is 19.8. The molecule has 5 rings (SSSR count). The molecular weight excluding hydrogens is 556 g/mol. The fourth-order valence-electron chi connectivity index (χ4n) is 4.78. The van der Waals surface area contributed by atoms with Gasteiger partial charge in [-0.3, -0.25) is 9.36 Å². The largest absolute Gasteiger partial charge is 0.488 e. The first-order valence-electron chi connectivity index (χ1n) is 13.5. The fraction of sp³-hybridized carbons (Fsp3) is 0.242. The minimum absolute atomic E-state index is 0.228. The number of esters is 1. The van der Waals surface area contributed by atoms with Gasteiger partial charge in [0, 0.05) is 10.6 Å². The van der Waals surface area contributed by atoms with Gasteiger partial charge in [-0.1, -0.05) is 91.4 Å². The van der Waals surface area contributed by atoms with Crippen LogP contribution in [-0.4, -0.2) is 17.1 Å². The highest BCUT2D eigenvalue weighted by atomic mass is 35.5. The number of carbonyl (C=O) groups excluding carboxylic acids is 1. The number of fused-ring (bicyclic) bond motifs is 1. The van der Waals surface area contributed by atoms with Crippen LogP contribution in [0.25, 0.3) is 6.08 Å². The van der Waals surface area contributed by atoms with Crippen molar-refractivity contribution in [3.8, 4) is 5.75 Å². The lowest BCUT2D eigenvalue weighted by Crippen LogP contribution is -2.39. The van der Waals surface area contributed by atoms with Crippen LogP contribution in [0.15, 0.2) is 93.9 Å². The van der Waals surface area contributed by atoms with Crippen LogP contribution in [-0.2, 0) is 16.1 Å². The minimum Gasteiger partial charge on any atom is -0.488 e. The second kappa shape index (κ2) is 12.3. The molecule has 1 atom stereocenters. The van der Waals surface area contributed by atoms with E-state index in [0.717, 1.165) is 16.7 Å². The lowest BCUT2D eigenvalue weighted by molar-refractivity contribution is -0.139. The van der Waals surface area contributed by atoms with E-state index in [1.807, 2.05) is 78.9 Å². The summed E-state index contributed by atoms with van der Waals surface area (Å²) in [7, 11) is 0. The number of hydrogen-bond acceptors (Lipinski definition) is 6. The quantitative estimate of drug-likeness (QED) is 0.232. The second-order valence-electron chi connectivity index (χ2n) is 10.1. The number of rotatable bonds is 8. The molecule has 0 saturated carbocycles. The van der Waals surface area contributed by atoms with Crippen molar-refractivity contribution < 1.29 is 14.3 Å². The van der Waals surface area contributed by atoms with E-state index < -0.39 is 12.0 Å². The van der Waals surface area contributed by atoms with Crippen LogP contribution in [0.4, 0.5) is 0 Å². The van der Waals surface area contributed by atoms with Crippen molar-refractivity contribution in [2.75, 3.05) is 6.61 Å². The molecule has 0 N–H and O–H groups in total. The van der Waals surface area contributed by atoms with Crippen molar-refractivity contribution in [3.63, 3.8) is 0 Å². The first-order valence-corrected chi connectivity index (χ1v) is 14.7. The van der Waals surface area contributed by atoms with E-state index >= 15 is 0 Å². The Kier molecular flexibility index (Phi) is 8.57. The van der Waals surface area contributed by atoms with Crippen LogP contribution in [0, 0.1) is 0 Å². The monoisotopic (exact) mass is 586 g/mol. The average Bonchev–Trinajstić information content (AvgIpc) is 3.26. The van der Waals surface area contributed by atoms with Gasteiger partial charge in [-0.25, -0.2) is 9.79 Å². The van der Waals surface area contributed by atoms with Crippen molar-refractivity contribution in [2.24, 2.45) is 4.99 Å². The van der Waals surface area contributed by atoms with E-state index in [4.69, 9.17) is 21.1 Å². The summed E-state index contributed by atoms with van der Waals surface area (Å²) in [5.41, 5.74) is 4.44. The number of allylic oxidation sites excluding steroid dienone is 1. The zero-order chi connectivity index (χ0) is 29.1. The van der Waals surface area contributed by atoms with E-state index in [2.05, 4.69) is 18.8 Å². The summed E-state index contributed by atoms with van der Waals surface area (Å²) in [6, 6.07) is 22.5. The normalized spacial score (nSPS) is 15.1. The van der Waals surface area contributed by atoms with Gasteiger partial charge in [0.05, 0.1) is 28.5 Å². The fourth-order valence-corrected chi connectivity index (χ4v) is 5.95. The second-order valence-corrected chi connectivity index (χ2v) is 11.5. The van der Waals surface area contributed by atoms with Gasteiger partial charge in [0.1, 0.15) is 12.4 Å². The molecule has 41 heavy (non-hydrogen) atoms. The first kappa shape index (κ1) is 28.6. The van der Waals surface area contributed by atoms with Crippen LogP contribution < -0.4 is 19.6 Å². The van der Waals surface area contributed by atoms with E-state index in [9.17, 15) is 9.59 Å². The molecule has 0 fully saturated rings. The summed E-state index contributed by atoms with van der Waals surface area (Å²) < 4.78 is 13.6. The maximum Gasteiger partial charge on any atom is 0.338 e. The highest BCUT2D eigenvalue weighted by Gasteiger charge is 2.33. The molecule has 0 radical (unpaired) electrons. The van der Waals surface area contributed by atoms with Gasteiger partial charge in [0.25, 0.3) is 5.56 Å². The molecular formula is C33H31ClN2O4S. The zero-order valence-corrected chi connectivity index (χ0v) is 25.0. The summed E-state index contributed by atoms with van der Waals surface area (Å²) in [6.45, 7) is 8.40. The Morgan fingerprint density at radius 1 is 1.07 bits per heavy atom. The van der Waals surface area contributed by atoms with Gasteiger partial charge in [-0.05, 0) is 60.7 Å². The Balaban J connectivity index is 1.59. The third-order valence-electron chi connectivity index (χ3n) is 6.95. The number of para-hydroxylation sites is 1. The summed E-state index contributed by atoms with van der Waals surface area (Å²) in [6.07, 6.45) is 1.82.